The molecule has 1 N–H and O–H groups in total. The van der Waals surface area contributed by atoms with Gasteiger partial charge in [-0.1, -0.05) is 23.7 Å². The zero-order chi connectivity index (χ0) is 21.9. The molecular weight excluding hydrogens is 434 g/mol. The Hall–Kier alpha value is -2.51. The summed E-state index contributed by atoms with van der Waals surface area (Å²) in [6.07, 6.45) is 4.89. The molecule has 164 valence electrons. The number of hydrogen-bond acceptors (Lipinski definition) is 5. The molecule has 1 fully saturated rings. The SMILES string of the molecule is O=C(CSCc1cccc(Cl)c1)N/N=C\c1ccc(OCC(=O)N2CCCCC2)cc1. The number of nitrogens with zero attached hydrogens (tertiary/aromatic N) is 2. The van der Waals surface area contributed by atoms with Crippen LogP contribution >= 0.6 is 23.4 Å². The molecule has 2 amide bonds. The van der Waals surface area contributed by atoms with Crippen LogP contribution in [0.15, 0.2) is 53.6 Å². The van der Waals surface area contributed by atoms with Crippen molar-refractivity contribution in [3.05, 3.63) is 64.7 Å². The minimum Gasteiger partial charge on any atom is -0.484 e. The number of thioether (sulfide) groups is 1. The van der Waals surface area contributed by atoms with Crippen molar-refractivity contribution in [1.82, 2.24) is 10.3 Å². The van der Waals surface area contributed by atoms with Crippen molar-refractivity contribution >= 4 is 41.4 Å². The van der Waals surface area contributed by atoms with E-state index in [1.165, 1.54) is 18.2 Å². The van der Waals surface area contributed by atoms with Gasteiger partial charge >= 0.3 is 0 Å². The average Bonchev–Trinajstić information content (AvgIpc) is 2.79. The summed E-state index contributed by atoms with van der Waals surface area (Å²) in [5.74, 6) is 1.51. The Labute approximate surface area is 192 Å². The molecule has 0 saturated carbocycles. The van der Waals surface area contributed by atoms with Gasteiger partial charge in [0.25, 0.3) is 5.91 Å². The molecule has 8 heteroatoms. The molecule has 1 aliphatic rings. The van der Waals surface area contributed by atoms with Crippen molar-refractivity contribution in [2.24, 2.45) is 5.10 Å². The molecule has 1 heterocycles. The van der Waals surface area contributed by atoms with Crippen LogP contribution in [0.4, 0.5) is 0 Å². The molecule has 6 nitrogen and oxygen atoms in total. The Morgan fingerprint density at radius 1 is 1.13 bits per heavy atom. The highest BCUT2D eigenvalue weighted by atomic mass is 35.5. The molecule has 1 aliphatic heterocycles. The number of carbonyl (C=O) groups excluding carboxylic acids is 2. The molecule has 3 rings (SSSR count). The second-order valence-electron chi connectivity index (χ2n) is 7.22. The van der Waals surface area contributed by atoms with E-state index >= 15 is 0 Å². The number of nitrogens with one attached hydrogen (secondary N) is 1. The van der Waals surface area contributed by atoms with Gasteiger partial charge in [0.2, 0.25) is 5.91 Å². The van der Waals surface area contributed by atoms with Gasteiger partial charge in [0.1, 0.15) is 5.75 Å². The number of hydrogen-bond donors (Lipinski definition) is 1. The fraction of sp³-hybridized carbons (Fsp3) is 0.348. The van der Waals surface area contributed by atoms with Crippen LogP contribution in [0.3, 0.4) is 0 Å². The standard InChI is InChI=1S/C23H26ClN3O3S/c24-20-6-4-5-19(13-20)16-31-17-22(28)26-25-14-18-7-9-21(10-8-18)30-15-23(29)27-11-2-1-3-12-27/h4-10,13-14H,1-3,11-12,15-17H2,(H,26,28)/b25-14-. The number of benzene rings is 2. The second kappa shape index (κ2) is 12.4. The minimum absolute atomic E-state index is 0.0290. The second-order valence-corrected chi connectivity index (χ2v) is 8.64. The molecule has 2 aromatic carbocycles. The van der Waals surface area contributed by atoms with Gasteiger partial charge in [0, 0.05) is 23.9 Å². The normalized spacial score (nSPS) is 13.9. The van der Waals surface area contributed by atoms with Crippen molar-refractivity contribution in [3.63, 3.8) is 0 Å². The summed E-state index contributed by atoms with van der Waals surface area (Å²) < 4.78 is 5.59. The first-order chi connectivity index (χ1) is 15.1. The van der Waals surface area contributed by atoms with Crippen molar-refractivity contribution in [1.29, 1.82) is 0 Å². The summed E-state index contributed by atoms with van der Waals surface area (Å²) in [6, 6.07) is 14.8. The van der Waals surface area contributed by atoms with Crippen LogP contribution in [0.2, 0.25) is 5.02 Å². The molecule has 2 aromatic rings. The first-order valence-electron chi connectivity index (χ1n) is 10.2. The highest BCUT2D eigenvalue weighted by Gasteiger charge is 2.16. The Morgan fingerprint density at radius 2 is 1.90 bits per heavy atom. The first kappa shape index (κ1) is 23.2. The van der Waals surface area contributed by atoms with E-state index in [2.05, 4.69) is 10.5 Å². The van der Waals surface area contributed by atoms with E-state index in [0.717, 1.165) is 37.1 Å². The van der Waals surface area contributed by atoms with Gasteiger partial charge in [-0.3, -0.25) is 9.59 Å². The first-order valence-corrected chi connectivity index (χ1v) is 11.8. The van der Waals surface area contributed by atoms with Gasteiger partial charge in [-0.15, -0.1) is 11.8 Å². The maximum atomic E-state index is 12.1. The largest absolute Gasteiger partial charge is 0.484 e. The van der Waals surface area contributed by atoms with Crippen LogP contribution < -0.4 is 10.2 Å². The summed E-state index contributed by atoms with van der Waals surface area (Å²) >= 11 is 7.45. The van der Waals surface area contributed by atoms with Gasteiger partial charge in [-0.05, 0) is 66.8 Å². The third-order valence-corrected chi connectivity index (χ3v) is 5.98. The van der Waals surface area contributed by atoms with Crippen molar-refractivity contribution < 1.29 is 14.3 Å². The average molecular weight is 460 g/mol. The number of halogens is 1. The molecule has 31 heavy (non-hydrogen) atoms. The third kappa shape index (κ3) is 8.26. The summed E-state index contributed by atoms with van der Waals surface area (Å²) in [4.78, 5) is 25.9. The number of amides is 2. The maximum Gasteiger partial charge on any atom is 0.260 e. The van der Waals surface area contributed by atoms with E-state index < -0.39 is 0 Å². The molecule has 0 spiro atoms. The quantitative estimate of drug-likeness (QED) is 0.452. The Balaban J connectivity index is 1.34. The molecule has 0 aromatic heterocycles. The fourth-order valence-electron chi connectivity index (χ4n) is 3.13. The molecule has 0 atom stereocenters. The van der Waals surface area contributed by atoms with Gasteiger partial charge < -0.3 is 9.64 Å². The Bertz CT molecular complexity index is 899. The maximum absolute atomic E-state index is 12.1. The Morgan fingerprint density at radius 3 is 2.65 bits per heavy atom. The van der Waals surface area contributed by atoms with Gasteiger partial charge in [0.15, 0.2) is 6.61 Å². The summed E-state index contributed by atoms with van der Waals surface area (Å²) in [6.45, 7) is 1.70. The van der Waals surface area contributed by atoms with Crippen LogP contribution in [-0.4, -0.2) is 48.4 Å². The lowest BCUT2D eigenvalue weighted by molar-refractivity contribution is -0.134. The predicted octanol–water partition coefficient (Wildman–Crippen LogP) is 4.11. The topological polar surface area (TPSA) is 71.0 Å². The summed E-state index contributed by atoms with van der Waals surface area (Å²) in [5, 5.41) is 4.68. The number of ether oxygens (including phenoxy) is 1. The van der Waals surface area contributed by atoms with Crippen LogP contribution in [0.25, 0.3) is 0 Å². The minimum atomic E-state index is -0.167. The van der Waals surface area contributed by atoms with E-state index in [-0.39, 0.29) is 18.4 Å². The number of piperidine rings is 1. The van der Waals surface area contributed by atoms with Crippen LogP contribution in [-0.2, 0) is 15.3 Å². The number of likely N-dealkylation sites (tertiary alicyclic amines) is 1. The zero-order valence-electron chi connectivity index (χ0n) is 17.3. The van der Waals surface area contributed by atoms with E-state index in [1.807, 2.05) is 41.3 Å². The third-order valence-electron chi connectivity index (χ3n) is 4.74. The van der Waals surface area contributed by atoms with E-state index in [1.54, 1.807) is 18.3 Å². The van der Waals surface area contributed by atoms with E-state index in [0.29, 0.717) is 22.3 Å². The number of rotatable bonds is 9. The van der Waals surface area contributed by atoms with Crippen LogP contribution in [0.1, 0.15) is 30.4 Å². The number of hydrazone groups is 1. The summed E-state index contributed by atoms with van der Waals surface area (Å²) in [7, 11) is 0. The van der Waals surface area contributed by atoms with Crippen molar-refractivity contribution in [2.45, 2.75) is 25.0 Å². The molecule has 0 radical (unpaired) electrons. The molecular formula is C23H26ClN3O3S. The van der Waals surface area contributed by atoms with Crippen molar-refractivity contribution in [3.8, 4) is 5.75 Å². The monoisotopic (exact) mass is 459 g/mol. The fourth-order valence-corrected chi connectivity index (χ4v) is 4.11. The van der Waals surface area contributed by atoms with Gasteiger partial charge in [-0.2, -0.15) is 5.10 Å². The molecule has 1 saturated heterocycles. The Kier molecular flexibility index (Phi) is 9.24. The van der Waals surface area contributed by atoms with Crippen LogP contribution in [0, 0.1) is 0 Å². The van der Waals surface area contributed by atoms with E-state index in [4.69, 9.17) is 16.3 Å². The van der Waals surface area contributed by atoms with E-state index in [9.17, 15) is 9.59 Å². The zero-order valence-corrected chi connectivity index (χ0v) is 18.8. The van der Waals surface area contributed by atoms with Crippen LogP contribution in [0.5, 0.6) is 5.75 Å². The predicted molar refractivity (Wildman–Crippen MR) is 126 cm³/mol. The highest BCUT2D eigenvalue weighted by molar-refractivity contribution is 7.99. The van der Waals surface area contributed by atoms with Crippen molar-refractivity contribution in [2.75, 3.05) is 25.4 Å². The highest BCUT2D eigenvalue weighted by Crippen LogP contribution is 2.16. The molecule has 0 bridgehead atoms. The molecule has 0 aliphatic carbocycles. The van der Waals surface area contributed by atoms with Gasteiger partial charge in [0.05, 0.1) is 12.0 Å². The lowest BCUT2D eigenvalue weighted by atomic mass is 10.1. The lowest BCUT2D eigenvalue weighted by Gasteiger charge is -2.26. The lowest BCUT2D eigenvalue weighted by Crippen LogP contribution is -2.38. The smallest absolute Gasteiger partial charge is 0.260 e. The molecule has 0 unspecified atom stereocenters. The number of carbonyl (C=O) groups is 2. The van der Waals surface area contributed by atoms with Gasteiger partial charge in [-0.25, -0.2) is 5.43 Å². The summed E-state index contributed by atoms with van der Waals surface area (Å²) in [5.41, 5.74) is 4.42.